The van der Waals surface area contributed by atoms with Gasteiger partial charge in [0.05, 0.1) is 17.3 Å². The van der Waals surface area contributed by atoms with E-state index >= 15 is 0 Å². The van der Waals surface area contributed by atoms with Crippen LogP contribution in [0.4, 0.5) is 0 Å². The second kappa shape index (κ2) is 7.34. The van der Waals surface area contributed by atoms with Crippen molar-refractivity contribution < 1.29 is 5.11 Å². The maximum Gasteiger partial charge on any atom is 0.0819 e. The van der Waals surface area contributed by atoms with Crippen LogP contribution in [0.5, 0.6) is 0 Å². The fourth-order valence-corrected chi connectivity index (χ4v) is 3.77. The van der Waals surface area contributed by atoms with Crippen LogP contribution in [0.3, 0.4) is 0 Å². The number of para-hydroxylation sites is 1. The van der Waals surface area contributed by atoms with Gasteiger partial charge in [-0.25, -0.2) is 0 Å². The molecular weight excluding hydrogens is 308 g/mol. The largest absolute Gasteiger partial charge is 0.388 e. The normalized spacial score (nSPS) is 17.6. The zero-order valence-electron chi connectivity index (χ0n) is 14.4. The molecule has 3 heteroatoms. The van der Waals surface area contributed by atoms with Crippen molar-refractivity contribution in [3.05, 3.63) is 78.0 Å². The third-order valence-corrected chi connectivity index (χ3v) is 5.26. The number of aliphatic hydroxyl groups is 1. The SMILES string of the molecule is OC(c1ccccc1)C1CCN(Cc2ccc3ccccc3n2)CC1. The molecule has 0 aliphatic carbocycles. The number of likely N-dealkylation sites (tertiary alicyclic amines) is 1. The molecule has 0 bridgehead atoms. The number of fused-ring (bicyclic) bond motifs is 1. The summed E-state index contributed by atoms with van der Waals surface area (Å²) in [6.07, 6.45) is 1.72. The summed E-state index contributed by atoms with van der Waals surface area (Å²) in [5.41, 5.74) is 3.23. The summed E-state index contributed by atoms with van der Waals surface area (Å²) in [4.78, 5) is 7.23. The predicted molar refractivity (Wildman–Crippen MR) is 101 cm³/mol. The molecule has 1 atom stereocenters. The molecule has 1 saturated heterocycles. The smallest absolute Gasteiger partial charge is 0.0819 e. The van der Waals surface area contributed by atoms with Gasteiger partial charge in [0.1, 0.15) is 0 Å². The summed E-state index contributed by atoms with van der Waals surface area (Å²) in [5, 5.41) is 11.8. The minimum absolute atomic E-state index is 0.345. The Morgan fingerprint density at radius 1 is 0.920 bits per heavy atom. The van der Waals surface area contributed by atoms with Crippen LogP contribution in [0, 0.1) is 5.92 Å². The standard InChI is InChI=1S/C22H24N2O/c25-22(18-7-2-1-3-8-18)19-12-14-24(15-13-19)16-20-11-10-17-6-4-5-9-21(17)23-20/h1-11,19,22,25H,12-16H2. The van der Waals surface area contributed by atoms with Gasteiger partial charge in [-0.1, -0.05) is 54.6 Å². The second-order valence-corrected chi connectivity index (χ2v) is 6.96. The lowest BCUT2D eigenvalue weighted by molar-refractivity contribution is 0.0564. The fourth-order valence-electron chi connectivity index (χ4n) is 3.77. The number of piperidine rings is 1. The molecule has 4 rings (SSSR count). The Morgan fingerprint density at radius 3 is 2.44 bits per heavy atom. The van der Waals surface area contributed by atoms with E-state index in [4.69, 9.17) is 4.98 Å². The lowest BCUT2D eigenvalue weighted by atomic mass is 9.87. The summed E-state index contributed by atoms with van der Waals surface area (Å²) < 4.78 is 0. The van der Waals surface area contributed by atoms with Gasteiger partial charge < -0.3 is 5.11 Å². The Labute approximate surface area is 148 Å². The van der Waals surface area contributed by atoms with Crippen LogP contribution in [0.15, 0.2) is 66.7 Å². The quantitative estimate of drug-likeness (QED) is 0.778. The number of benzene rings is 2. The molecule has 2 heterocycles. The summed E-state index contributed by atoms with van der Waals surface area (Å²) in [7, 11) is 0. The Bertz CT molecular complexity index is 826. The molecular formula is C22H24N2O. The van der Waals surface area contributed by atoms with Gasteiger partial charge in [-0.2, -0.15) is 0 Å². The minimum Gasteiger partial charge on any atom is -0.388 e. The van der Waals surface area contributed by atoms with Crippen molar-refractivity contribution in [2.75, 3.05) is 13.1 Å². The van der Waals surface area contributed by atoms with Crippen LogP contribution >= 0.6 is 0 Å². The number of aromatic nitrogens is 1. The fraction of sp³-hybridized carbons (Fsp3) is 0.318. The highest BCUT2D eigenvalue weighted by Gasteiger charge is 2.26. The van der Waals surface area contributed by atoms with Crippen LogP contribution in [0.2, 0.25) is 0 Å². The molecule has 1 fully saturated rings. The highest BCUT2D eigenvalue weighted by Crippen LogP contribution is 2.31. The minimum atomic E-state index is -0.345. The number of hydrogen-bond donors (Lipinski definition) is 1. The van der Waals surface area contributed by atoms with E-state index in [9.17, 15) is 5.11 Å². The van der Waals surface area contributed by atoms with Gasteiger partial charge in [-0.15, -0.1) is 0 Å². The first kappa shape index (κ1) is 16.2. The lowest BCUT2D eigenvalue weighted by Crippen LogP contribution is -2.35. The van der Waals surface area contributed by atoms with Crippen molar-refractivity contribution in [2.45, 2.75) is 25.5 Å². The summed E-state index contributed by atoms with van der Waals surface area (Å²) in [6.45, 7) is 2.92. The summed E-state index contributed by atoms with van der Waals surface area (Å²) in [6, 6.07) is 22.6. The van der Waals surface area contributed by atoms with Crippen molar-refractivity contribution in [3.8, 4) is 0 Å². The molecule has 1 N–H and O–H groups in total. The van der Waals surface area contributed by atoms with E-state index in [1.54, 1.807) is 0 Å². The molecule has 0 amide bonds. The maximum absolute atomic E-state index is 10.6. The number of rotatable bonds is 4. The first-order valence-corrected chi connectivity index (χ1v) is 9.09. The predicted octanol–water partition coefficient (Wildman–Crippen LogP) is 4.18. The van der Waals surface area contributed by atoms with E-state index < -0.39 is 0 Å². The monoisotopic (exact) mass is 332 g/mol. The highest BCUT2D eigenvalue weighted by molar-refractivity contribution is 5.78. The number of aliphatic hydroxyl groups excluding tert-OH is 1. The van der Waals surface area contributed by atoms with E-state index in [0.29, 0.717) is 5.92 Å². The van der Waals surface area contributed by atoms with Gasteiger partial charge >= 0.3 is 0 Å². The molecule has 3 nitrogen and oxygen atoms in total. The van der Waals surface area contributed by atoms with Crippen LogP contribution < -0.4 is 0 Å². The summed E-state index contributed by atoms with van der Waals surface area (Å²) >= 11 is 0. The molecule has 0 saturated carbocycles. The van der Waals surface area contributed by atoms with Gasteiger partial charge in [0.25, 0.3) is 0 Å². The third-order valence-electron chi connectivity index (χ3n) is 5.26. The Morgan fingerprint density at radius 2 is 1.64 bits per heavy atom. The Kier molecular flexibility index (Phi) is 4.77. The highest BCUT2D eigenvalue weighted by atomic mass is 16.3. The van der Waals surface area contributed by atoms with Crippen molar-refractivity contribution in [2.24, 2.45) is 5.92 Å². The van der Waals surface area contributed by atoms with Gasteiger partial charge in [-0.05, 0) is 49.5 Å². The summed E-state index contributed by atoms with van der Waals surface area (Å²) in [5.74, 6) is 0.350. The average Bonchev–Trinajstić information content (AvgIpc) is 2.69. The van der Waals surface area contributed by atoms with Crippen molar-refractivity contribution in [1.29, 1.82) is 0 Å². The van der Waals surface area contributed by atoms with E-state index in [1.165, 1.54) is 5.39 Å². The van der Waals surface area contributed by atoms with Crippen LogP contribution in [-0.2, 0) is 6.54 Å². The molecule has 1 unspecified atom stereocenters. The number of pyridine rings is 1. The lowest BCUT2D eigenvalue weighted by Gasteiger charge is -2.34. The van der Waals surface area contributed by atoms with Gasteiger partial charge in [0.15, 0.2) is 0 Å². The molecule has 1 aliphatic heterocycles. The molecule has 128 valence electrons. The Hall–Kier alpha value is -2.23. The molecule has 2 aromatic carbocycles. The van der Waals surface area contributed by atoms with E-state index in [2.05, 4.69) is 29.2 Å². The molecule has 0 spiro atoms. The average molecular weight is 332 g/mol. The molecule has 1 aliphatic rings. The van der Waals surface area contributed by atoms with Gasteiger partial charge in [-0.3, -0.25) is 9.88 Å². The van der Waals surface area contributed by atoms with Crippen LogP contribution in [0.1, 0.15) is 30.2 Å². The van der Waals surface area contributed by atoms with Gasteiger partial charge in [0, 0.05) is 11.9 Å². The van der Waals surface area contributed by atoms with Gasteiger partial charge in [0.2, 0.25) is 0 Å². The van der Waals surface area contributed by atoms with Crippen molar-refractivity contribution in [3.63, 3.8) is 0 Å². The third kappa shape index (κ3) is 3.73. The van der Waals surface area contributed by atoms with Crippen LogP contribution in [-0.4, -0.2) is 28.1 Å². The Balaban J connectivity index is 1.36. The zero-order valence-corrected chi connectivity index (χ0v) is 14.4. The molecule has 0 radical (unpaired) electrons. The first-order chi connectivity index (χ1) is 12.3. The van der Waals surface area contributed by atoms with E-state index in [1.807, 2.05) is 42.5 Å². The van der Waals surface area contributed by atoms with Crippen molar-refractivity contribution in [1.82, 2.24) is 9.88 Å². The molecule has 1 aromatic heterocycles. The van der Waals surface area contributed by atoms with Crippen molar-refractivity contribution >= 4 is 10.9 Å². The van der Waals surface area contributed by atoms with Crippen LogP contribution in [0.25, 0.3) is 10.9 Å². The topological polar surface area (TPSA) is 36.4 Å². The second-order valence-electron chi connectivity index (χ2n) is 6.96. The molecule has 3 aromatic rings. The number of hydrogen-bond acceptors (Lipinski definition) is 3. The molecule has 25 heavy (non-hydrogen) atoms. The maximum atomic E-state index is 10.6. The first-order valence-electron chi connectivity index (χ1n) is 9.09. The van der Waals surface area contributed by atoms with E-state index in [0.717, 1.165) is 49.2 Å². The van der Waals surface area contributed by atoms with E-state index in [-0.39, 0.29) is 6.10 Å². The zero-order chi connectivity index (χ0) is 17.1. The number of nitrogens with zero attached hydrogens (tertiary/aromatic N) is 2.